The Kier molecular flexibility index (Phi) is 3.93. The van der Waals surface area contributed by atoms with E-state index in [1.807, 2.05) is 12.1 Å². The number of hydrogen-bond donors (Lipinski definition) is 1. The van der Waals surface area contributed by atoms with Crippen LogP contribution in [0.4, 0.5) is 0 Å². The standard InChI is InChI=1S/C16H21NO2S2/c1-12-15(20-17-16(12)10-4-3-5-11-16)13-6-8-14(9-7-13)21(2,18)19/h6-9,17H,3-5,10-11H2,1-2H3. The number of hydrogen-bond acceptors (Lipinski definition) is 4. The van der Waals surface area contributed by atoms with Crippen molar-refractivity contribution in [2.75, 3.05) is 6.26 Å². The van der Waals surface area contributed by atoms with Crippen LogP contribution in [-0.2, 0) is 9.84 Å². The van der Waals surface area contributed by atoms with E-state index in [1.165, 1.54) is 48.8 Å². The molecule has 0 amide bonds. The Balaban J connectivity index is 1.93. The lowest BCUT2D eigenvalue weighted by Gasteiger charge is -2.34. The molecule has 2 aliphatic rings. The summed E-state index contributed by atoms with van der Waals surface area (Å²) >= 11 is 1.70. The zero-order chi connectivity index (χ0) is 15.1. The van der Waals surface area contributed by atoms with Gasteiger partial charge in [0.05, 0.1) is 10.4 Å². The molecule has 0 saturated heterocycles. The molecule has 5 heteroatoms. The first-order valence-electron chi connectivity index (χ1n) is 7.38. The Labute approximate surface area is 131 Å². The zero-order valence-corrected chi connectivity index (χ0v) is 14.1. The van der Waals surface area contributed by atoms with Crippen molar-refractivity contribution in [3.05, 3.63) is 35.4 Å². The van der Waals surface area contributed by atoms with Crippen molar-refractivity contribution < 1.29 is 8.42 Å². The van der Waals surface area contributed by atoms with E-state index in [9.17, 15) is 8.42 Å². The van der Waals surface area contributed by atoms with Crippen LogP contribution in [0, 0.1) is 0 Å². The van der Waals surface area contributed by atoms with Gasteiger partial charge < -0.3 is 0 Å². The van der Waals surface area contributed by atoms with Gasteiger partial charge in [-0.1, -0.05) is 31.4 Å². The second kappa shape index (κ2) is 5.45. The zero-order valence-electron chi connectivity index (χ0n) is 12.5. The van der Waals surface area contributed by atoms with Crippen molar-refractivity contribution >= 4 is 26.7 Å². The molecule has 1 aliphatic heterocycles. The van der Waals surface area contributed by atoms with E-state index < -0.39 is 9.84 Å². The monoisotopic (exact) mass is 323 g/mol. The lowest BCUT2D eigenvalue weighted by atomic mass is 9.77. The Hall–Kier alpha value is -0.780. The lowest BCUT2D eigenvalue weighted by molar-refractivity contribution is 0.326. The molecule has 0 aromatic heterocycles. The predicted octanol–water partition coefficient (Wildman–Crippen LogP) is 3.78. The van der Waals surface area contributed by atoms with Gasteiger partial charge in [0.15, 0.2) is 9.84 Å². The second-order valence-corrected chi connectivity index (χ2v) is 8.93. The fraction of sp³-hybridized carbons (Fsp3) is 0.500. The highest BCUT2D eigenvalue weighted by Crippen LogP contribution is 2.47. The van der Waals surface area contributed by atoms with E-state index in [0.717, 1.165) is 5.56 Å². The molecule has 3 rings (SSSR count). The SMILES string of the molecule is CC1=C(c2ccc(S(C)(=O)=O)cc2)SNC12CCCCC2. The van der Waals surface area contributed by atoms with Gasteiger partial charge in [-0.15, -0.1) is 0 Å². The summed E-state index contributed by atoms with van der Waals surface area (Å²) in [5.74, 6) is 0. The smallest absolute Gasteiger partial charge is 0.175 e. The van der Waals surface area contributed by atoms with Crippen LogP contribution in [0.3, 0.4) is 0 Å². The minimum Gasteiger partial charge on any atom is -0.250 e. The highest BCUT2D eigenvalue weighted by atomic mass is 32.2. The molecule has 0 unspecified atom stereocenters. The minimum atomic E-state index is -3.12. The molecular weight excluding hydrogens is 302 g/mol. The number of rotatable bonds is 2. The molecular formula is C16H21NO2S2. The fourth-order valence-corrected chi connectivity index (χ4v) is 5.17. The summed E-state index contributed by atoms with van der Waals surface area (Å²) < 4.78 is 26.7. The van der Waals surface area contributed by atoms with Crippen LogP contribution >= 0.6 is 11.9 Å². The largest absolute Gasteiger partial charge is 0.250 e. The fourth-order valence-electron chi connectivity index (χ4n) is 3.28. The van der Waals surface area contributed by atoms with Gasteiger partial charge in [0.1, 0.15) is 0 Å². The molecule has 1 aliphatic carbocycles. The molecule has 1 aromatic rings. The van der Waals surface area contributed by atoms with Crippen molar-refractivity contribution in [3.8, 4) is 0 Å². The van der Waals surface area contributed by atoms with Gasteiger partial charge in [0.2, 0.25) is 0 Å². The maximum atomic E-state index is 11.5. The van der Waals surface area contributed by atoms with Gasteiger partial charge in [0.25, 0.3) is 0 Å². The Bertz CT molecular complexity index is 669. The molecule has 1 fully saturated rings. The summed E-state index contributed by atoms with van der Waals surface area (Å²) in [6.45, 7) is 2.22. The average molecular weight is 323 g/mol. The first kappa shape index (κ1) is 15.1. The first-order valence-corrected chi connectivity index (χ1v) is 10.1. The van der Waals surface area contributed by atoms with Crippen molar-refractivity contribution in [3.63, 3.8) is 0 Å². The topological polar surface area (TPSA) is 46.2 Å². The molecule has 114 valence electrons. The molecule has 3 nitrogen and oxygen atoms in total. The molecule has 1 aromatic carbocycles. The number of nitrogens with one attached hydrogen (secondary N) is 1. The van der Waals surface area contributed by atoms with Gasteiger partial charge >= 0.3 is 0 Å². The maximum Gasteiger partial charge on any atom is 0.175 e. The Morgan fingerprint density at radius 1 is 1.10 bits per heavy atom. The van der Waals surface area contributed by atoms with E-state index >= 15 is 0 Å². The third kappa shape index (κ3) is 2.79. The Morgan fingerprint density at radius 3 is 2.29 bits per heavy atom. The van der Waals surface area contributed by atoms with E-state index in [2.05, 4.69) is 11.6 Å². The van der Waals surface area contributed by atoms with Crippen molar-refractivity contribution in [2.24, 2.45) is 0 Å². The van der Waals surface area contributed by atoms with Gasteiger partial charge in [-0.2, -0.15) is 0 Å². The van der Waals surface area contributed by atoms with Crippen LogP contribution in [-0.4, -0.2) is 20.2 Å². The predicted molar refractivity (Wildman–Crippen MR) is 88.7 cm³/mol. The van der Waals surface area contributed by atoms with Crippen LogP contribution in [0.5, 0.6) is 0 Å². The average Bonchev–Trinajstić information content (AvgIpc) is 2.76. The molecule has 0 bridgehead atoms. The lowest BCUT2D eigenvalue weighted by Crippen LogP contribution is -2.41. The first-order chi connectivity index (χ1) is 9.92. The summed E-state index contributed by atoms with van der Waals surface area (Å²) in [6, 6.07) is 7.26. The van der Waals surface area contributed by atoms with Gasteiger partial charge in [-0.05, 0) is 55.0 Å². The summed E-state index contributed by atoms with van der Waals surface area (Å²) in [5, 5.41) is 0. The third-order valence-corrected chi connectivity index (χ3v) is 7.03. The minimum absolute atomic E-state index is 0.160. The van der Waals surface area contributed by atoms with E-state index in [-0.39, 0.29) is 5.54 Å². The van der Waals surface area contributed by atoms with E-state index in [4.69, 9.17) is 0 Å². The summed E-state index contributed by atoms with van der Waals surface area (Å²) in [5.41, 5.74) is 2.69. The summed E-state index contributed by atoms with van der Waals surface area (Å²) in [6.07, 6.45) is 7.55. The van der Waals surface area contributed by atoms with Crippen molar-refractivity contribution in [1.29, 1.82) is 0 Å². The van der Waals surface area contributed by atoms with Crippen molar-refractivity contribution in [1.82, 2.24) is 4.72 Å². The highest BCUT2D eigenvalue weighted by Gasteiger charge is 2.39. The molecule has 1 saturated carbocycles. The second-order valence-electron chi connectivity index (χ2n) is 6.10. The van der Waals surface area contributed by atoms with Crippen LogP contribution in [0.25, 0.3) is 4.91 Å². The number of benzene rings is 1. The molecule has 0 atom stereocenters. The van der Waals surface area contributed by atoms with Gasteiger partial charge in [0, 0.05) is 11.2 Å². The van der Waals surface area contributed by atoms with E-state index in [1.54, 1.807) is 24.1 Å². The maximum absolute atomic E-state index is 11.5. The van der Waals surface area contributed by atoms with E-state index in [0.29, 0.717) is 4.90 Å². The van der Waals surface area contributed by atoms with Crippen LogP contribution in [0.2, 0.25) is 0 Å². The third-order valence-electron chi connectivity index (χ3n) is 4.66. The molecule has 1 spiro atoms. The van der Waals surface area contributed by atoms with Crippen LogP contribution in [0.1, 0.15) is 44.6 Å². The summed E-state index contributed by atoms with van der Waals surface area (Å²) in [7, 11) is -3.12. The Morgan fingerprint density at radius 2 is 1.71 bits per heavy atom. The van der Waals surface area contributed by atoms with Gasteiger partial charge in [-0.3, -0.25) is 0 Å². The molecule has 0 radical (unpaired) electrons. The molecule has 1 heterocycles. The van der Waals surface area contributed by atoms with Gasteiger partial charge in [-0.25, -0.2) is 13.1 Å². The van der Waals surface area contributed by atoms with Crippen LogP contribution < -0.4 is 4.72 Å². The quantitative estimate of drug-likeness (QED) is 0.842. The summed E-state index contributed by atoms with van der Waals surface area (Å²) in [4.78, 5) is 1.64. The van der Waals surface area contributed by atoms with Crippen LogP contribution in [0.15, 0.2) is 34.7 Å². The highest BCUT2D eigenvalue weighted by molar-refractivity contribution is 8.07. The number of sulfone groups is 1. The van der Waals surface area contributed by atoms with Crippen molar-refractivity contribution in [2.45, 2.75) is 49.5 Å². The molecule has 1 N–H and O–H groups in total. The molecule has 21 heavy (non-hydrogen) atoms. The normalized spacial score (nSPS) is 22.0.